The van der Waals surface area contributed by atoms with Crippen LogP contribution in [-0.2, 0) is 5.33 Å². The second-order valence-electron chi connectivity index (χ2n) is 3.28. The zero-order valence-corrected chi connectivity index (χ0v) is 11.3. The van der Waals surface area contributed by atoms with E-state index in [1.807, 2.05) is 18.2 Å². The second-order valence-corrected chi connectivity index (χ2v) is 4.69. The van der Waals surface area contributed by atoms with Crippen molar-refractivity contribution >= 4 is 31.9 Å². The number of nitrogens with zero attached hydrogens (tertiary/aromatic N) is 1. The van der Waals surface area contributed by atoms with Crippen molar-refractivity contribution in [2.24, 2.45) is 0 Å². The third-order valence-electron chi connectivity index (χ3n) is 2.14. The first kappa shape index (κ1) is 10.9. The first-order chi connectivity index (χ1) is 7.20. The summed E-state index contributed by atoms with van der Waals surface area (Å²) < 4.78 is 6.24. The van der Waals surface area contributed by atoms with Gasteiger partial charge in [-0.1, -0.05) is 43.1 Å². The zero-order valence-electron chi connectivity index (χ0n) is 8.13. The van der Waals surface area contributed by atoms with E-state index in [1.165, 1.54) is 5.56 Å². The Kier molecular flexibility index (Phi) is 3.26. The van der Waals surface area contributed by atoms with Crippen LogP contribution in [0.3, 0.4) is 0 Å². The van der Waals surface area contributed by atoms with Crippen LogP contribution in [0.5, 0.6) is 0 Å². The molecule has 1 heterocycles. The Morgan fingerprint density at radius 2 is 2.13 bits per heavy atom. The second kappa shape index (κ2) is 4.49. The summed E-state index contributed by atoms with van der Waals surface area (Å²) in [5.74, 6) is 0.838. The molecule has 0 fully saturated rings. The topological polar surface area (TPSA) is 26.0 Å². The van der Waals surface area contributed by atoms with Crippen LogP contribution in [0.1, 0.15) is 11.3 Å². The zero-order chi connectivity index (χ0) is 10.8. The van der Waals surface area contributed by atoms with Crippen molar-refractivity contribution in [1.82, 2.24) is 5.16 Å². The molecule has 0 saturated carbocycles. The van der Waals surface area contributed by atoms with Gasteiger partial charge in [0, 0.05) is 16.1 Å². The van der Waals surface area contributed by atoms with Gasteiger partial charge in [0.25, 0.3) is 0 Å². The SMILES string of the molecule is Cc1cc(-c2cc(CBr)on2)ccc1Br. The molecule has 78 valence electrons. The van der Waals surface area contributed by atoms with Crippen molar-refractivity contribution < 1.29 is 4.52 Å². The lowest BCUT2D eigenvalue weighted by atomic mass is 10.1. The number of rotatable bonds is 2. The molecule has 0 aliphatic rings. The normalized spacial score (nSPS) is 10.6. The summed E-state index contributed by atoms with van der Waals surface area (Å²) in [6.07, 6.45) is 0. The molecule has 0 bridgehead atoms. The Bertz CT molecular complexity index is 479. The summed E-state index contributed by atoms with van der Waals surface area (Å²) in [6.45, 7) is 2.05. The predicted molar refractivity (Wildman–Crippen MR) is 67.0 cm³/mol. The highest BCUT2D eigenvalue weighted by Crippen LogP contribution is 2.25. The standard InChI is InChI=1S/C11H9Br2NO/c1-7-4-8(2-3-10(7)13)11-5-9(6-12)15-14-11/h2-5H,6H2,1H3. The van der Waals surface area contributed by atoms with Gasteiger partial charge in [-0.3, -0.25) is 0 Å². The fourth-order valence-electron chi connectivity index (χ4n) is 1.32. The van der Waals surface area contributed by atoms with Gasteiger partial charge in [0.2, 0.25) is 0 Å². The van der Waals surface area contributed by atoms with E-state index >= 15 is 0 Å². The highest BCUT2D eigenvalue weighted by atomic mass is 79.9. The molecule has 0 radical (unpaired) electrons. The summed E-state index contributed by atoms with van der Waals surface area (Å²) in [4.78, 5) is 0. The molecule has 0 saturated heterocycles. The number of aromatic nitrogens is 1. The lowest BCUT2D eigenvalue weighted by Crippen LogP contribution is -1.80. The molecule has 15 heavy (non-hydrogen) atoms. The molecule has 0 aliphatic carbocycles. The smallest absolute Gasteiger partial charge is 0.147 e. The number of benzene rings is 1. The summed E-state index contributed by atoms with van der Waals surface area (Å²) >= 11 is 6.80. The minimum Gasteiger partial charge on any atom is -0.360 e. The lowest BCUT2D eigenvalue weighted by Gasteiger charge is -1.99. The van der Waals surface area contributed by atoms with Crippen LogP contribution in [-0.4, -0.2) is 5.16 Å². The largest absolute Gasteiger partial charge is 0.360 e. The Morgan fingerprint density at radius 1 is 1.33 bits per heavy atom. The van der Waals surface area contributed by atoms with Gasteiger partial charge < -0.3 is 4.52 Å². The van der Waals surface area contributed by atoms with Crippen LogP contribution < -0.4 is 0 Å². The molecule has 0 spiro atoms. The van der Waals surface area contributed by atoms with Crippen LogP contribution in [0.2, 0.25) is 0 Å². The summed E-state index contributed by atoms with van der Waals surface area (Å²) in [5.41, 5.74) is 3.14. The van der Waals surface area contributed by atoms with Crippen molar-refractivity contribution in [3.8, 4) is 11.3 Å². The molecule has 2 nitrogen and oxygen atoms in total. The first-order valence-electron chi connectivity index (χ1n) is 4.49. The van der Waals surface area contributed by atoms with E-state index in [0.717, 1.165) is 21.5 Å². The highest BCUT2D eigenvalue weighted by molar-refractivity contribution is 9.10. The van der Waals surface area contributed by atoms with Gasteiger partial charge in [-0.05, 0) is 24.6 Å². The molecule has 0 unspecified atom stereocenters. The van der Waals surface area contributed by atoms with Crippen LogP contribution in [0, 0.1) is 6.92 Å². The van der Waals surface area contributed by atoms with Crippen LogP contribution in [0.25, 0.3) is 11.3 Å². The van der Waals surface area contributed by atoms with Gasteiger partial charge in [0.05, 0.1) is 5.33 Å². The Labute approximate surface area is 105 Å². The molecular formula is C11H9Br2NO. The number of hydrogen-bond donors (Lipinski definition) is 0. The van der Waals surface area contributed by atoms with E-state index in [9.17, 15) is 0 Å². The Morgan fingerprint density at radius 3 is 2.73 bits per heavy atom. The van der Waals surface area contributed by atoms with Gasteiger partial charge in [-0.15, -0.1) is 0 Å². The summed E-state index contributed by atoms with van der Waals surface area (Å²) in [6, 6.07) is 8.07. The number of alkyl halides is 1. The van der Waals surface area contributed by atoms with Gasteiger partial charge in [-0.25, -0.2) is 0 Å². The maximum absolute atomic E-state index is 5.13. The first-order valence-corrected chi connectivity index (χ1v) is 6.40. The fourth-order valence-corrected chi connectivity index (χ4v) is 1.83. The number of halogens is 2. The minimum atomic E-state index is 0.690. The molecule has 1 aromatic carbocycles. The molecule has 1 aromatic heterocycles. The van der Waals surface area contributed by atoms with Gasteiger partial charge >= 0.3 is 0 Å². The molecule has 0 atom stereocenters. The molecule has 0 amide bonds. The van der Waals surface area contributed by atoms with E-state index in [-0.39, 0.29) is 0 Å². The Hall–Kier alpha value is -0.610. The van der Waals surface area contributed by atoms with Crippen molar-refractivity contribution in [1.29, 1.82) is 0 Å². The third-order valence-corrected chi connectivity index (χ3v) is 3.59. The molecule has 0 N–H and O–H groups in total. The van der Waals surface area contributed by atoms with Gasteiger partial charge in [0.15, 0.2) is 0 Å². The van der Waals surface area contributed by atoms with E-state index in [0.29, 0.717) is 5.33 Å². The number of aryl methyl sites for hydroxylation is 1. The molecule has 0 aliphatic heterocycles. The predicted octanol–water partition coefficient (Wildman–Crippen LogP) is 4.31. The molecular weight excluding hydrogens is 322 g/mol. The maximum Gasteiger partial charge on any atom is 0.147 e. The van der Waals surface area contributed by atoms with E-state index in [4.69, 9.17) is 4.52 Å². The fraction of sp³-hybridized carbons (Fsp3) is 0.182. The van der Waals surface area contributed by atoms with Crippen molar-refractivity contribution in [3.63, 3.8) is 0 Å². The number of hydrogen-bond acceptors (Lipinski definition) is 2. The molecule has 2 aromatic rings. The average Bonchev–Trinajstić information content (AvgIpc) is 2.70. The van der Waals surface area contributed by atoms with Crippen molar-refractivity contribution in [2.45, 2.75) is 12.3 Å². The van der Waals surface area contributed by atoms with Gasteiger partial charge in [0.1, 0.15) is 11.5 Å². The lowest BCUT2D eigenvalue weighted by molar-refractivity contribution is 0.398. The monoisotopic (exact) mass is 329 g/mol. The van der Waals surface area contributed by atoms with E-state index in [2.05, 4.69) is 50.0 Å². The summed E-state index contributed by atoms with van der Waals surface area (Å²) in [7, 11) is 0. The van der Waals surface area contributed by atoms with Crippen molar-refractivity contribution in [3.05, 3.63) is 40.1 Å². The Balaban J connectivity index is 2.40. The molecule has 2 rings (SSSR count). The highest BCUT2D eigenvalue weighted by Gasteiger charge is 2.06. The third kappa shape index (κ3) is 2.32. The summed E-state index contributed by atoms with van der Waals surface area (Å²) in [5, 5.41) is 4.70. The van der Waals surface area contributed by atoms with E-state index < -0.39 is 0 Å². The molecule has 4 heteroatoms. The average molecular weight is 331 g/mol. The van der Waals surface area contributed by atoms with Crippen LogP contribution in [0.4, 0.5) is 0 Å². The van der Waals surface area contributed by atoms with E-state index in [1.54, 1.807) is 0 Å². The van der Waals surface area contributed by atoms with Crippen molar-refractivity contribution in [2.75, 3.05) is 0 Å². The maximum atomic E-state index is 5.13. The van der Waals surface area contributed by atoms with Crippen LogP contribution >= 0.6 is 31.9 Å². The van der Waals surface area contributed by atoms with Gasteiger partial charge in [-0.2, -0.15) is 0 Å². The quantitative estimate of drug-likeness (QED) is 0.767. The van der Waals surface area contributed by atoms with Crippen LogP contribution in [0.15, 0.2) is 33.3 Å². The minimum absolute atomic E-state index is 0.690.